The minimum Gasteiger partial charge on any atom is -0.311 e. The minimum absolute atomic E-state index is 0. The lowest BCUT2D eigenvalue weighted by atomic mass is 10.2. The van der Waals surface area contributed by atoms with Gasteiger partial charge in [0.25, 0.3) is 10.0 Å². The molecule has 2 N–H and O–H groups in total. The molecule has 158 valence electrons. The van der Waals surface area contributed by atoms with Crippen LogP contribution in [0.3, 0.4) is 0 Å². The zero-order valence-corrected chi connectivity index (χ0v) is 18.2. The van der Waals surface area contributed by atoms with E-state index in [4.69, 9.17) is 11.6 Å². The summed E-state index contributed by atoms with van der Waals surface area (Å²) < 4.78 is 27.3. The van der Waals surface area contributed by atoms with Gasteiger partial charge in [0.2, 0.25) is 5.91 Å². The lowest BCUT2D eigenvalue weighted by Gasteiger charge is -2.18. The second-order valence-corrected chi connectivity index (χ2v) is 9.79. The maximum Gasteiger partial charge on any atom is 0.263 e. The molecule has 1 atom stereocenters. The first-order chi connectivity index (χ1) is 14.4. The van der Waals surface area contributed by atoms with Gasteiger partial charge < -0.3 is 10.2 Å². The topological polar surface area (TPSA) is 91.4 Å². The van der Waals surface area contributed by atoms with Crippen LogP contribution in [0.15, 0.2) is 65.0 Å². The molecule has 7 nitrogen and oxygen atoms in total. The van der Waals surface area contributed by atoms with Crippen molar-refractivity contribution in [2.24, 2.45) is 0 Å². The van der Waals surface area contributed by atoms with E-state index in [1.807, 2.05) is 24.3 Å². The number of rotatable bonds is 7. The largest absolute Gasteiger partial charge is 0.311 e. The molecule has 1 aliphatic heterocycles. The number of hydrogen-bond donors (Lipinski definition) is 2. The van der Waals surface area contributed by atoms with E-state index in [2.05, 4.69) is 15.0 Å². The van der Waals surface area contributed by atoms with Gasteiger partial charge in [-0.1, -0.05) is 23.7 Å². The highest BCUT2D eigenvalue weighted by Gasteiger charge is 2.32. The molecule has 1 saturated heterocycles. The monoisotopic (exact) mass is 464 g/mol. The van der Waals surface area contributed by atoms with E-state index >= 15 is 0 Å². The molecule has 30 heavy (non-hydrogen) atoms. The number of sulfonamides is 1. The van der Waals surface area contributed by atoms with Crippen LogP contribution in [0.1, 0.15) is 13.4 Å². The number of thiazole rings is 1. The van der Waals surface area contributed by atoms with E-state index in [1.165, 1.54) is 29.7 Å². The van der Waals surface area contributed by atoms with Gasteiger partial charge in [0, 0.05) is 36.8 Å². The molecular weight excluding hydrogens is 444 g/mol. The molecule has 1 fully saturated rings. The zero-order valence-electron chi connectivity index (χ0n) is 15.8. The van der Waals surface area contributed by atoms with E-state index in [0.717, 1.165) is 5.56 Å². The van der Waals surface area contributed by atoms with Crippen LogP contribution < -0.4 is 14.9 Å². The number of carbonyl (C=O) groups excluding carboxylic acids is 1. The van der Waals surface area contributed by atoms with Crippen LogP contribution in [-0.2, 0) is 21.4 Å². The number of amides is 1. The number of hydrogen-bond acceptors (Lipinski definition) is 6. The molecule has 0 bridgehead atoms. The summed E-state index contributed by atoms with van der Waals surface area (Å²) in [5.74, 6) is -0.0273. The molecule has 0 spiro atoms. The van der Waals surface area contributed by atoms with Crippen LogP contribution in [0.5, 0.6) is 0 Å². The smallest absolute Gasteiger partial charge is 0.263 e. The predicted octanol–water partition coefficient (Wildman–Crippen LogP) is 3.74. The number of nitrogens with zero attached hydrogens (tertiary/aromatic N) is 2. The fourth-order valence-electron chi connectivity index (χ4n) is 3.22. The third kappa shape index (κ3) is 4.65. The molecule has 1 amide bonds. The third-order valence-corrected chi connectivity index (χ3v) is 7.21. The Morgan fingerprint density at radius 1 is 1.17 bits per heavy atom. The summed E-state index contributed by atoms with van der Waals surface area (Å²) in [7, 11) is -3.72. The summed E-state index contributed by atoms with van der Waals surface area (Å²) in [5.41, 5.74) is 1.72. The number of aromatic nitrogens is 1. The Kier molecular flexibility index (Phi) is 6.05. The molecular formula is C20H21ClN4O3S2. The first-order valence-corrected chi connectivity index (χ1v) is 12.0. The van der Waals surface area contributed by atoms with Crippen molar-refractivity contribution in [3.63, 3.8) is 0 Å². The second kappa shape index (κ2) is 8.73. The van der Waals surface area contributed by atoms with Gasteiger partial charge in [0.05, 0.1) is 10.9 Å². The maximum atomic E-state index is 12.8. The third-order valence-electron chi connectivity index (χ3n) is 4.78. The normalized spacial score (nSPS) is 16.8. The highest BCUT2D eigenvalue weighted by atomic mass is 35.5. The van der Waals surface area contributed by atoms with Gasteiger partial charge in [0.1, 0.15) is 0 Å². The summed E-state index contributed by atoms with van der Waals surface area (Å²) in [4.78, 5) is 18.5. The van der Waals surface area contributed by atoms with Gasteiger partial charge in [-0.3, -0.25) is 9.52 Å². The second-order valence-electron chi connectivity index (χ2n) is 6.78. The molecule has 2 aromatic carbocycles. The molecule has 0 saturated carbocycles. The Labute approximate surface area is 185 Å². The van der Waals surface area contributed by atoms with Gasteiger partial charge >= 0.3 is 0 Å². The summed E-state index contributed by atoms with van der Waals surface area (Å²) in [5, 5.41) is 5.96. The highest BCUT2D eigenvalue weighted by molar-refractivity contribution is 7.93. The number of benzene rings is 2. The average molecular weight is 465 g/mol. The summed E-state index contributed by atoms with van der Waals surface area (Å²) in [6.45, 7) is 1.14. The van der Waals surface area contributed by atoms with E-state index in [-0.39, 0.29) is 18.3 Å². The summed E-state index contributed by atoms with van der Waals surface area (Å²) in [6.07, 6.45) is 2.21. The average Bonchev–Trinajstić information content (AvgIpc) is 3.37. The fourth-order valence-corrected chi connectivity index (χ4v) is 5.14. The van der Waals surface area contributed by atoms with Gasteiger partial charge in [-0.25, -0.2) is 13.4 Å². The van der Waals surface area contributed by atoms with Crippen LogP contribution in [0.4, 0.5) is 10.8 Å². The van der Waals surface area contributed by atoms with E-state index in [0.29, 0.717) is 35.4 Å². The number of halogens is 1. The van der Waals surface area contributed by atoms with Crippen molar-refractivity contribution in [3.05, 3.63) is 70.7 Å². The van der Waals surface area contributed by atoms with Crippen molar-refractivity contribution in [1.29, 1.82) is 0 Å². The Balaban J connectivity index is 0.00000272. The lowest BCUT2D eigenvalue weighted by molar-refractivity contribution is -0.118. The van der Waals surface area contributed by atoms with Crippen LogP contribution in [-0.4, -0.2) is 31.9 Å². The van der Waals surface area contributed by atoms with Crippen LogP contribution in [0.2, 0.25) is 5.02 Å². The Hall–Kier alpha value is -2.46. The molecule has 1 aliphatic rings. The lowest BCUT2D eigenvalue weighted by Crippen LogP contribution is -2.38. The molecule has 0 unspecified atom stereocenters. The number of anilines is 2. The SMILES string of the molecule is O=C1[C@@H](NCc2ccc(Cl)cc2)CCN1c1ccc(S(=O)(=O)Nc2nccs2)cc1.[HH]. The summed E-state index contributed by atoms with van der Waals surface area (Å²) >= 11 is 7.10. The van der Waals surface area contributed by atoms with Crippen molar-refractivity contribution < 1.29 is 14.6 Å². The molecule has 1 aromatic heterocycles. The van der Waals surface area contributed by atoms with Gasteiger partial charge in [-0.15, -0.1) is 11.3 Å². The fraction of sp³-hybridized carbons (Fsp3) is 0.200. The molecule has 2 heterocycles. The van der Waals surface area contributed by atoms with Crippen molar-refractivity contribution in [2.45, 2.75) is 23.9 Å². The van der Waals surface area contributed by atoms with E-state index in [9.17, 15) is 13.2 Å². The number of carbonyl (C=O) groups is 1. The molecule has 4 rings (SSSR count). The predicted molar refractivity (Wildman–Crippen MR) is 121 cm³/mol. The standard InChI is InChI=1S/C20H19ClN4O3S2.H2/c21-15-3-1-14(2-4-15)13-23-18-9-11-25(19(18)26)16-5-7-17(8-6-16)30(27,28)24-20-22-10-12-29-20;/h1-8,10,12,18,23H,9,11,13H2,(H,22,24);1H/t18-;/m0./s1. The van der Waals surface area contributed by atoms with Crippen LogP contribution in [0.25, 0.3) is 0 Å². The van der Waals surface area contributed by atoms with E-state index in [1.54, 1.807) is 22.4 Å². The maximum absolute atomic E-state index is 12.8. The van der Waals surface area contributed by atoms with Crippen LogP contribution >= 0.6 is 22.9 Å². The van der Waals surface area contributed by atoms with Gasteiger partial charge in [0.15, 0.2) is 5.13 Å². The molecule has 10 heteroatoms. The first-order valence-electron chi connectivity index (χ1n) is 9.24. The Morgan fingerprint density at radius 3 is 2.57 bits per heavy atom. The summed E-state index contributed by atoms with van der Waals surface area (Å²) in [6, 6.07) is 13.5. The zero-order chi connectivity index (χ0) is 21.1. The minimum atomic E-state index is -3.72. The molecule has 3 aromatic rings. The molecule has 0 aliphatic carbocycles. The van der Waals surface area contributed by atoms with Crippen molar-refractivity contribution in [1.82, 2.24) is 10.3 Å². The van der Waals surface area contributed by atoms with Crippen molar-refractivity contribution in [2.75, 3.05) is 16.2 Å². The number of nitrogens with one attached hydrogen (secondary N) is 2. The molecule has 0 radical (unpaired) electrons. The van der Waals surface area contributed by atoms with Gasteiger partial charge in [-0.05, 0) is 48.4 Å². The van der Waals surface area contributed by atoms with Crippen LogP contribution in [0, 0.1) is 0 Å². The Bertz CT molecular complexity index is 1120. The van der Waals surface area contributed by atoms with Crippen molar-refractivity contribution in [3.8, 4) is 0 Å². The van der Waals surface area contributed by atoms with E-state index < -0.39 is 10.0 Å². The highest BCUT2D eigenvalue weighted by Crippen LogP contribution is 2.25. The Morgan fingerprint density at radius 2 is 1.90 bits per heavy atom. The first kappa shape index (κ1) is 20.8. The van der Waals surface area contributed by atoms with Crippen molar-refractivity contribution >= 4 is 49.7 Å². The quantitative estimate of drug-likeness (QED) is 0.555. The van der Waals surface area contributed by atoms with Gasteiger partial charge in [-0.2, -0.15) is 0 Å².